The summed E-state index contributed by atoms with van der Waals surface area (Å²) in [6.07, 6.45) is -3.31. The number of nitrogens with one attached hydrogen (secondary N) is 1. The molecule has 4 rings (SSSR count). The van der Waals surface area contributed by atoms with Crippen LogP contribution in [0.3, 0.4) is 0 Å². The normalized spacial score (nSPS) is 15.8. The maximum absolute atomic E-state index is 12.8. The topological polar surface area (TPSA) is 60.9 Å². The van der Waals surface area contributed by atoms with Gasteiger partial charge < -0.3 is 14.8 Å². The van der Waals surface area contributed by atoms with Gasteiger partial charge in [-0.25, -0.2) is 15.0 Å². The van der Waals surface area contributed by atoms with Crippen LogP contribution >= 0.6 is 0 Å². The Labute approximate surface area is 141 Å². The molecule has 0 spiro atoms. The van der Waals surface area contributed by atoms with Crippen molar-refractivity contribution in [3.05, 3.63) is 42.2 Å². The fourth-order valence-corrected chi connectivity index (χ4v) is 2.87. The number of halogens is 3. The van der Waals surface area contributed by atoms with Crippen LogP contribution in [0, 0.1) is 0 Å². The van der Waals surface area contributed by atoms with E-state index in [0.717, 1.165) is 29.2 Å². The highest BCUT2D eigenvalue weighted by Crippen LogP contribution is 2.28. The number of alkyl halides is 3. The Bertz CT molecular complexity index is 850. The fourth-order valence-electron chi connectivity index (χ4n) is 2.87. The van der Waals surface area contributed by atoms with E-state index in [1.54, 1.807) is 4.90 Å². The number of aromatic nitrogens is 4. The molecule has 9 heteroatoms. The molecule has 3 aromatic rings. The van der Waals surface area contributed by atoms with Crippen molar-refractivity contribution in [1.29, 1.82) is 0 Å². The predicted molar refractivity (Wildman–Crippen MR) is 87.6 cm³/mol. The average Bonchev–Trinajstić information content (AvgIpc) is 3.05. The Hall–Kier alpha value is -2.84. The molecule has 0 aliphatic carbocycles. The number of piperazine rings is 1. The Kier molecular flexibility index (Phi) is 3.70. The van der Waals surface area contributed by atoms with E-state index in [0.29, 0.717) is 26.2 Å². The van der Waals surface area contributed by atoms with Crippen LogP contribution in [0.1, 0.15) is 5.69 Å². The zero-order chi connectivity index (χ0) is 17.4. The molecule has 1 fully saturated rings. The smallest absolute Gasteiger partial charge is 0.339 e. The summed E-state index contributed by atoms with van der Waals surface area (Å²) in [7, 11) is 0. The molecule has 1 N–H and O–H groups in total. The first kappa shape index (κ1) is 15.7. The van der Waals surface area contributed by atoms with Gasteiger partial charge in [0, 0.05) is 32.4 Å². The molecule has 1 aromatic carbocycles. The van der Waals surface area contributed by atoms with Crippen LogP contribution in [0.4, 0.5) is 25.1 Å². The lowest BCUT2D eigenvalue weighted by atomic mass is 10.3. The van der Waals surface area contributed by atoms with Gasteiger partial charge in [0.2, 0.25) is 11.9 Å². The summed E-state index contributed by atoms with van der Waals surface area (Å²) in [5.74, 6) is 0.880. The van der Waals surface area contributed by atoms with Gasteiger partial charge in [0.25, 0.3) is 0 Å². The Morgan fingerprint density at radius 1 is 0.920 bits per heavy atom. The van der Waals surface area contributed by atoms with E-state index in [9.17, 15) is 13.2 Å². The zero-order valence-electron chi connectivity index (χ0n) is 13.2. The number of anilines is 2. The summed E-state index contributed by atoms with van der Waals surface area (Å²) in [6, 6.07) is 8.64. The maximum atomic E-state index is 12.8. The van der Waals surface area contributed by atoms with Crippen molar-refractivity contribution in [3.8, 4) is 0 Å². The van der Waals surface area contributed by atoms with E-state index in [1.165, 1.54) is 0 Å². The SMILES string of the molecule is FC(F)(F)c1ccnc(N2CCN(c3nc4ccccc4[nH]3)CC2)n1. The third-order valence-electron chi connectivity index (χ3n) is 4.17. The Balaban J connectivity index is 1.48. The molecule has 3 heterocycles. The molecule has 0 bridgehead atoms. The van der Waals surface area contributed by atoms with Gasteiger partial charge in [-0.05, 0) is 18.2 Å². The third-order valence-corrected chi connectivity index (χ3v) is 4.17. The third kappa shape index (κ3) is 3.09. The Morgan fingerprint density at radius 2 is 1.64 bits per heavy atom. The number of benzene rings is 1. The minimum atomic E-state index is -4.46. The van der Waals surface area contributed by atoms with Gasteiger partial charge in [0.05, 0.1) is 11.0 Å². The van der Waals surface area contributed by atoms with Gasteiger partial charge in [0.15, 0.2) is 0 Å². The second kappa shape index (κ2) is 5.91. The van der Waals surface area contributed by atoms with Crippen molar-refractivity contribution >= 4 is 22.9 Å². The van der Waals surface area contributed by atoms with Crippen LogP contribution in [0.2, 0.25) is 0 Å². The summed E-state index contributed by atoms with van der Waals surface area (Å²) in [6.45, 7) is 2.30. The van der Waals surface area contributed by atoms with Crippen LogP contribution in [0.5, 0.6) is 0 Å². The van der Waals surface area contributed by atoms with Gasteiger partial charge in [-0.1, -0.05) is 12.1 Å². The van der Waals surface area contributed by atoms with Crippen LogP contribution in [0.25, 0.3) is 11.0 Å². The lowest BCUT2D eigenvalue weighted by Gasteiger charge is -2.34. The van der Waals surface area contributed by atoms with E-state index >= 15 is 0 Å². The van der Waals surface area contributed by atoms with Crippen molar-refractivity contribution in [2.75, 3.05) is 36.0 Å². The first-order valence-electron chi connectivity index (χ1n) is 7.85. The molecular formula is C16H15F3N6. The summed E-state index contributed by atoms with van der Waals surface area (Å²) in [4.78, 5) is 19.3. The van der Waals surface area contributed by atoms with E-state index in [4.69, 9.17) is 0 Å². The van der Waals surface area contributed by atoms with Gasteiger partial charge in [0.1, 0.15) is 5.69 Å². The van der Waals surface area contributed by atoms with E-state index in [1.807, 2.05) is 24.3 Å². The summed E-state index contributed by atoms with van der Waals surface area (Å²) >= 11 is 0. The van der Waals surface area contributed by atoms with Crippen molar-refractivity contribution in [1.82, 2.24) is 19.9 Å². The molecule has 0 atom stereocenters. The van der Waals surface area contributed by atoms with Gasteiger partial charge >= 0.3 is 6.18 Å². The molecule has 0 unspecified atom stereocenters. The van der Waals surface area contributed by atoms with Crippen molar-refractivity contribution in [2.45, 2.75) is 6.18 Å². The molecule has 1 aliphatic heterocycles. The number of nitrogens with zero attached hydrogens (tertiary/aromatic N) is 5. The van der Waals surface area contributed by atoms with Crippen LogP contribution in [-0.2, 0) is 6.18 Å². The predicted octanol–water partition coefficient (Wildman–Crippen LogP) is 2.70. The van der Waals surface area contributed by atoms with Crippen molar-refractivity contribution in [3.63, 3.8) is 0 Å². The first-order chi connectivity index (χ1) is 12.0. The molecule has 2 aromatic heterocycles. The standard InChI is InChI=1S/C16H15F3N6/c17-16(18,19)13-5-6-20-14(23-13)24-7-9-25(10-8-24)15-21-11-3-1-2-4-12(11)22-15/h1-6H,7-10H2,(H,21,22). The van der Waals surface area contributed by atoms with E-state index in [-0.39, 0.29) is 5.95 Å². The number of fused-ring (bicyclic) bond motifs is 1. The Morgan fingerprint density at radius 3 is 2.36 bits per heavy atom. The van der Waals surface area contributed by atoms with Crippen LogP contribution in [0.15, 0.2) is 36.5 Å². The highest BCUT2D eigenvalue weighted by atomic mass is 19.4. The summed E-state index contributed by atoms with van der Waals surface area (Å²) < 4.78 is 38.4. The van der Waals surface area contributed by atoms with Crippen molar-refractivity contribution in [2.24, 2.45) is 0 Å². The monoisotopic (exact) mass is 348 g/mol. The molecule has 130 valence electrons. The summed E-state index contributed by atoms with van der Waals surface area (Å²) in [5.41, 5.74) is 0.930. The lowest BCUT2D eigenvalue weighted by Crippen LogP contribution is -2.47. The first-order valence-corrected chi connectivity index (χ1v) is 7.85. The molecule has 1 saturated heterocycles. The minimum Gasteiger partial charge on any atom is -0.339 e. The number of rotatable bonds is 2. The molecule has 0 radical (unpaired) electrons. The number of H-pyrrole nitrogens is 1. The second-order valence-electron chi connectivity index (χ2n) is 5.79. The number of aromatic amines is 1. The van der Waals surface area contributed by atoms with Gasteiger partial charge in [-0.3, -0.25) is 0 Å². The molecule has 0 saturated carbocycles. The number of para-hydroxylation sites is 2. The number of hydrogen-bond acceptors (Lipinski definition) is 5. The van der Waals surface area contributed by atoms with Gasteiger partial charge in [-0.15, -0.1) is 0 Å². The zero-order valence-corrected chi connectivity index (χ0v) is 13.2. The van der Waals surface area contributed by atoms with Crippen LogP contribution in [-0.4, -0.2) is 46.1 Å². The minimum absolute atomic E-state index is 0.110. The highest BCUT2D eigenvalue weighted by molar-refractivity contribution is 5.77. The highest BCUT2D eigenvalue weighted by Gasteiger charge is 2.33. The average molecular weight is 348 g/mol. The van der Waals surface area contributed by atoms with Crippen molar-refractivity contribution < 1.29 is 13.2 Å². The number of imidazole rings is 1. The van der Waals surface area contributed by atoms with E-state index in [2.05, 4.69) is 24.8 Å². The largest absolute Gasteiger partial charge is 0.433 e. The maximum Gasteiger partial charge on any atom is 0.433 e. The quantitative estimate of drug-likeness (QED) is 0.772. The molecule has 1 aliphatic rings. The molecule has 6 nitrogen and oxygen atoms in total. The van der Waals surface area contributed by atoms with E-state index < -0.39 is 11.9 Å². The number of hydrogen-bond donors (Lipinski definition) is 1. The molecule has 25 heavy (non-hydrogen) atoms. The lowest BCUT2D eigenvalue weighted by molar-refractivity contribution is -0.141. The van der Waals surface area contributed by atoms with Gasteiger partial charge in [-0.2, -0.15) is 13.2 Å². The molecule has 0 amide bonds. The molecular weight excluding hydrogens is 333 g/mol. The fraction of sp³-hybridized carbons (Fsp3) is 0.312. The summed E-state index contributed by atoms with van der Waals surface area (Å²) in [5, 5.41) is 0. The second-order valence-corrected chi connectivity index (χ2v) is 5.79. The van der Waals surface area contributed by atoms with Crippen LogP contribution < -0.4 is 9.80 Å².